The van der Waals surface area contributed by atoms with E-state index < -0.39 is 5.82 Å². The zero-order valence-electron chi connectivity index (χ0n) is 12.5. The maximum absolute atomic E-state index is 13.8. The monoisotopic (exact) mass is 320 g/mol. The lowest BCUT2D eigenvalue weighted by atomic mass is 10.1. The molecule has 0 saturated heterocycles. The molecule has 0 aliphatic carbocycles. The normalized spacial score (nSPS) is 10.9. The fourth-order valence-corrected chi connectivity index (χ4v) is 2.64. The van der Waals surface area contributed by atoms with Crippen molar-refractivity contribution in [3.05, 3.63) is 78.4 Å². The van der Waals surface area contributed by atoms with Crippen LogP contribution < -0.4 is 5.32 Å². The summed E-state index contributed by atoms with van der Waals surface area (Å²) in [7, 11) is 0. The van der Waals surface area contributed by atoms with Gasteiger partial charge in [0, 0.05) is 17.1 Å². The van der Waals surface area contributed by atoms with E-state index in [4.69, 9.17) is 4.42 Å². The molecule has 24 heavy (non-hydrogen) atoms. The van der Waals surface area contributed by atoms with Gasteiger partial charge in [-0.3, -0.25) is 4.79 Å². The Morgan fingerprint density at radius 3 is 2.75 bits per heavy atom. The van der Waals surface area contributed by atoms with Crippen molar-refractivity contribution < 1.29 is 13.6 Å². The number of furan rings is 1. The molecule has 2 aromatic heterocycles. The van der Waals surface area contributed by atoms with Crippen molar-refractivity contribution in [1.29, 1.82) is 0 Å². The highest BCUT2D eigenvalue weighted by Crippen LogP contribution is 2.26. The number of aromatic nitrogens is 1. The largest absolute Gasteiger partial charge is 0.451 e. The smallest absolute Gasteiger partial charge is 0.291 e. The average molecular weight is 320 g/mol. The number of hydrogen-bond acceptors (Lipinski definition) is 2. The second-order valence-corrected chi connectivity index (χ2v) is 5.34. The van der Waals surface area contributed by atoms with Gasteiger partial charge in [0.2, 0.25) is 0 Å². The Balaban J connectivity index is 1.62. The zero-order chi connectivity index (χ0) is 16.5. The summed E-state index contributed by atoms with van der Waals surface area (Å²) < 4.78 is 19.3. The fraction of sp³-hybridized carbons (Fsp3) is 0. The van der Waals surface area contributed by atoms with Crippen LogP contribution in [0.3, 0.4) is 0 Å². The number of anilines is 1. The Bertz CT molecular complexity index is 1030. The lowest BCUT2D eigenvalue weighted by Gasteiger charge is -2.05. The van der Waals surface area contributed by atoms with Crippen LogP contribution in [0.15, 0.2) is 71.3 Å². The first-order valence-electron chi connectivity index (χ1n) is 7.44. The highest BCUT2D eigenvalue weighted by molar-refractivity contribution is 6.07. The SMILES string of the molecule is O=C(Nc1cccc2[nH]ccc12)c1ccc(-c2ccccc2F)o1. The van der Waals surface area contributed by atoms with Gasteiger partial charge >= 0.3 is 0 Å². The van der Waals surface area contributed by atoms with E-state index in [1.165, 1.54) is 12.1 Å². The number of benzene rings is 2. The van der Waals surface area contributed by atoms with Crippen LogP contribution in [-0.2, 0) is 0 Å². The molecule has 4 nitrogen and oxygen atoms in total. The van der Waals surface area contributed by atoms with E-state index in [0.717, 1.165) is 10.9 Å². The molecular weight excluding hydrogens is 307 g/mol. The Labute approximate surface area is 136 Å². The molecular formula is C19H13FN2O2. The second kappa shape index (κ2) is 5.70. The maximum atomic E-state index is 13.8. The van der Waals surface area contributed by atoms with Gasteiger partial charge in [0.05, 0.1) is 11.3 Å². The number of nitrogens with one attached hydrogen (secondary N) is 2. The van der Waals surface area contributed by atoms with Gasteiger partial charge in [-0.15, -0.1) is 0 Å². The van der Waals surface area contributed by atoms with Crippen molar-refractivity contribution in [3.63, 3.8) is 0 Å². The summed E-state index contributed by atoms with van der Waals surface area (Å²) in [6.07, 6.45) is 1.81. The van der Waals surface area contributed by atoms with Crippen LogP contribution in [0, 0.1) is 5.82 Å². The first-order chi connectivity index (χ1) is 11.7. The second-order valence-electron chi connectivity index (χ2n) is 5.34. The highest BCUT2D eigenvalue weighted by Gasteiger charge is 2.15. The molecule has 4 aromatic rings. The Kier molecular flexibility index (Phi) is 3.39. The lowest BCUT2D eigenvalue weighted by Crippen LogP contribution is -2.10. The summed E-state index contributed by atoms with van der Waals surface area (Å²) >= 11 is 0. The van der Waals surface area contributed by atoms with Gasteiger partial charge in [-0.2, -0.15) is 0 Å². The molecule has 4 rings (SSSR count). The van der Waals surface area contributed by atoms with Crippen LogP contribution in [0.4, 0.5) is 10.1 Å². The summed E-state index contributed by atoms with van der Waals surface area (Å²) in [5.41, 5.74) is 1.94. The molecule has 0 fully saturated rings. The molecule has 2 heterocycles. The van der Waals surface area contributed by atoms with Crippen LogP contribution >= 0.6 is 0 Å². The third kappa shape index (κ3) is 2.46. The summed E-state index contributed by atoms with van der Waals surface area (Å²) in [6, 6.07) is 16.9. The molecule has 5 heteroatoms. The Morgan fingerprint density at radius 2 is 1.88 bits per heavy atom. The average Bonchev–Trinajstić information content (AvgIpc) is 3.25. The minimum Gasteiger partial charge on any atom is -0.451 e. The number of carbonyl (C=O) groups excluding carboxylic acids is 1. The predicted molar refractivity (Wildman–Crippen MR) is 90.4 cm³/mol. The molecule has 0 bridgehead atoms. The van der Waals surface area contributed by atoms with E-state index in [9.17, 15) is 9.18 Å². The topological polar surface area (TPSA) is 58.0 Å². The molecule has 0 aliphatic rings. The van der Waals surface area contributed by atoms with E-state index in [2.05, 4.69) is 10.3 Å². The van der Waals surface area contributed by atoms with Gasteiger partial charge < -0.3 is 14.7 Å². The van der Waals surface area contributed by atoms with Crippen LogP contribution in [0.25, 0.3) is 22.2 Å². The number of carbonyl (C=O) groups is 1. The van der Waals surface area contributed by atoms with Crippen molar-refractivity contribution >= 4 is 22.5 Å². The Hall–Kier alpha value is -3.34. The summed E-state index contributed by atoms with van der Waals surface area (Å²) in [6.45, 7) is 0. The van der Waals surface area contributed by atoms with E-state index >= 15 is 0 Å². The number of H-pyrrole nitrogens is 1. The molecule has 0 aliphatic heterocycles. The molecule has 0 radical (unpaired) electrons. The van der Waals surface area contributed by atoms with Gasteiger partial charge in [0.25, 0.3) is 5.91 Å². The molecule has 0 atom stereocenters. The van der Waals surface area contributed by atoms with E-state index in [1.54, 1.807) is 24.3 Å². The summed E-state index contributed by atoms with van der Waals surface area (Å²) in [5, 5.41) is 3.73. The quantitative estimate of drug-likeness (QED) is 0.568. The molecule has 0 spiro atoms. The minimum atomic E-state index is -0.393. The predicted octanol–water partition coefficient (Wildman–Crippen LogP) is 4.82. The van der Waals surface area contributed by atoms with E-state index in [-0.39, 0.29) is 11.7 Å². The van der Waals surface area contributed by atoms with Gasteiger partial charge in [-0.25, -0.2) is 4.39 Å². The van der Waals surface area contributed by atoms with Crippen molar-refractivity contribution in [1.82, 2.24) is 4.98 Å². The van der Waals surface area contributed by atoms with Gasteiger partial charge in [0.1, 0.15) is 11.6 Å². The first kappa shape index (κ1) is 14.3. The standard InChI is InChI=1S/C19H13FN2O2/c20-14-5-2-1-4-12(14)17-8-9-18(24-17)19(23)22-16-7-3-6-15-13(16)10-11-21-15/h1-11,21H,(H,22,23). The third-order valence-electron chi connectivity index (χ3n) is 3.81. The van der Waals surface area contributed by atoms with Crippen molar-refractivity contribution in [2.24, 2.45) is 0 Å². The van der Waals surface area contributed by atoms with Crippen LogP contribution in [-0.4, -0.2) is 10.9 Å². The molecule has 2 aromatic carbocycles. The van der Waals surface area contributed by atoms with Crippen molar-refractivity contribution in [2.75, 3.05) is 5.32 Å². The third-order valence-corrected chi connectivity index (χ3v) is 3.81. The Morgan fingerprint density at radius 1 is 1.00 bits per heavy atom. The van der Waals surface area contributed by atoms with E-state index in [0.29, 0.717) is 17.0 Å². The minimum absolute atomic E-state index is 0.126. The highest BCUT2D eigenvalue weighted by atomic mass is 19.1. The van der Waals surface area contributed by atoms with Crippen LogP contribution in [0.1, 0.15) is 10.6 Å². The number of fused-ring (bicyclic) bond motifs is 1. The zero-order valence-corrected chi connectivity index (χ0v) is 12.5. The number of aromatic amines is 1. The van der Waals surface area contributed by atoms with Gasteiger partial charge in [0.15, 0.2) is 5.76 Å². The molecule has 0 saturated carbocycles. The first-order valence-corrected chi connectivity index (χ1v) is 7.44. The summed E-state index contributed by atoms with van der Waals surface area (Å²) in [4.78, 5) is 15.5. The van der Waals surface area contributed by atoms with E-state index in [1.807, 2.05) is 30.5 Å². The molecule has 2 N–H and O–H groups in total. The number of rotatable bonds is 3. The lowest BCUT2D eigenvalue weighted by molar-refractivity contribution is 0.0997. The van der Waals surface area contributed by atoms with Crippen LogP contribution in [0.5, 0.6) is 0 Å². The van der Waals surface area contributed by atoms with Gasteiger partial charge in [-0.1, -0.05) is 18.2 Å². The molecule has 118 valence electrons. The molecule has 1 amide bonds. The van der Waals surface area contributed by atoms with Gasteiger partial charge in [-0.05, 0) is 42.5 Å². The fourth-order valence-electron chi connectivity index (χ4n) is 2.64. The number of hydrogen-bond donors (Lipinski definition) is 2. The number of amides is 1. The van der Waals surface area contributed by atoms with Crippen LogP contribution in [0.2, 0.25) is 0 Å². The van der Waals surface area contributed by atoms with Crippen molar-refractivity contribution in [2.45, 2.75) is 0 Å². The number of halogens is 1. The maximum Gasteiger partial charge on any atom is 0.291 e. The van der Waals surface area contributed by atoms with Crippen molar-refractivity contribution in [3.8, 4) is 11.3 Å². The summed E-state index contributed by atoms with van der Waals surface area (Å²) in [5.74, 6) is -0.332. The molecule has 0 unspecified atom stereocenters.